The second kappa shape index (κ2) is 9.37. The van der Waals surface area contributed by atoms with Crippen LogP contribution in [0.2, 0.25) is 0 Å². The van der Waals surface area contributed by atoms with Crippen LogP contribution < -0.4 is 10.1 Å². The Kier molecular flexibility index (Phi) is 6.90. The Morgan fingerprint density at radius 3 is 2.74 bits per heavy atom. The molecule has 1 aromatic carbocycles. The molecule has 7 heteroatoms. The Hall–Kier alpha value is -1.86. The van der Waals surface area contributed by atoms with E-state index >= 15 is 0 Å². The Labute approximate surface area is 169 Å². The molecule has 2 aromatic rings. The van der Waals surface area contributed by atoms with Gasteiger partial charge in [0.2, 0.25) is 0 Å². The fourth-order valence-corrected chi connectivity index (χ4v) is 3.82. The van der Waals surface area contributed by atoms with E-state index in [2.05, 4.69) is 45.3 Å². The molecule has 27 heavy (non-hydrogen) atoms. The molecule has 2 unspecified atom stereocenters. The number of rotatable bonds is 7. The molecule has 1 aliphatic rings. The van der Waals surface area contributed by atoms with Crippen LogP contribution in [0.1, 0.15) is 36.2 Å². The van der Waals surface area contributed by atoms with Crippen molar-refractivity contribution in [1.82, 2.24) is 20.0 Å². The number of hydrogen-bond donors (Lipinski definition) is 1. The van der Waals surface area contributed by atoms with Gasteiger partial charge in [0.1, 0.15) is 11.4 Å². The summed E-state index contributed by atoms with van der Waals surface area (Å²) in [6, 6.07) is 9.57. The maximum absolute atomic E-state index is 12.6. The number of aromatic nitrogens is 2. The number of halogens is 1. The van der Waals surface area contributed by atoms with E-state index < -0.39 is 0 Å². The van der Waals surface area contributed by atoms with Crippen molar-refractivity contribution in [3.05, 3.63) is 46.7 Å². The van der Waals surface area contributed by atoms with E-state index in [-0.39, 0.29) is 18.7 Å². The van der Waals surface area contributed by atoms with Crippen LogP contribution in [0.15, 0.2) is 41.0 Å². The molecule has 0 bridgehead atoms. The summed E-state index contributed by atoms with van der Waals surface area (Å²) in [5, 5.41) is 7.55. The van der Waals surface area contributed by atoms with Crippen LogP contribution in [-0.4, -0.2) is 47.3 Å². The molecule has 146 valence electrons. The first-order chi connectivity index (χ1) is 13.0. The maximum Gasteiger partial charge on any atom is 0.272 e. The number of benzene rings is 1. The third kappa shape index (κ3) is 5.81. The fourth-order valence-electron chi connectivity index (χ4n) is 3.55. The Morgan fingerprint density at radius 2 is 2.00 bits per heavy atom. The van der Waals surface area contributed by atoms with E-state index in [0.29, 0.717) is 11.6 Å². The van der Waals surface area contributed by atoms with Crippen molar-refractivity contribution in [3.8, 4) is 5.75 Å². The van der Waals surface area contributed by atoms with Gasteiger partial charge < -0.3 is 15.0 Å². The first-order valence-electron chi connectivity index (χ1n) is 9.38. The van der Waals surface area contributed by atoms with Crippen LogP contribution in [0.3, 0.4) is 0 Å². The lowest BCUT2D eigenvalue weighted by Gasteiger charge is -2.33. The van der Waals surface area contributed by atoms with Crippen molar-refractivity contribution >= 4 is 21.8 Å². The number of nitrogens with one attached hydrogen (secondary N) is 1. The van der Waals surface area contributed by atoms with Gasteiger partial charge in [0.05, 0.1) is 0 Å². The van der Waals surface area contributed by atoms with Crippen LogP contribution >= 0.6 is 15.9 Å². The maximum atomic E-state index is 12.6. The Morgan fingerprint density at radius 1 is 1.26 bits per heavy atom. The summed E-state index contributed by atoms with van der Waals surface area (Å²) in [5.74, 6) is 1.15. The molecule has 0 aliphatic heterocycles. The van der Waals surface area contributed by atoms with Crippen LogP contribution in [0.5, 0.6) is 5.75 Å². The van der Waals surface area contributed by atoms with E-state index in [1.54, 1.807) is 16.9 Å². The first kappa shape index (κ1) is 19.9. The molecule has 0 spiro atoms. The van der Waals surface area contributed by atoms with Crippen LogP contribution in [0, 0.1) is 5.92 Å². The van der Waals surface area contributed by atoms with Gasteiger partial charge in [-0.05, 0) is 63.2 Å². The van der Waals surface area contributed by atoms with E-state index in [9.17, 15) is 4.79 Å². The zero-order chi connectivity index (χ0) is 19.2. The molecule has 1 fully saturated rings. The number of nitrogens with zero attached hydrogens (tertiary/aromatic N) is 3. The molecule has 1 aromatic heterocycles. The van der Waals surface area contributed by atoms with Gasteiger partial charge in [-0.3, -0.25) is 4.79 Å². The highest BCUT2D eigenvalue weighted by Gasteiger charge is 2.27. The SMILES string of the molecule is CN(C)CC1CCCCC1NC(=O)c1ccn(COc2ccc(Br)cc2)n1. The topological polar surface area (TPSA) is 59.4 Å². The molecular formula is C20H27BrN4O2. The highest BCUT2D eigenvalue weighted by molar-refractivity contribution is 9.10. The standard InChI is InChI=1S/C20H27BrN4O2/c1-24(2)13-15-5-3-4-6-18(15)22-20(26)19-11-12-25(23-19)14-27-17-9-7-16(21)8-10-17/h7-12,15,18H,3-6,13-14H2,1-2H3,(H,22,26). The summed E-state index contributed by atoms with van der Waals surface area (Å²) < 4.78 is 8.33. The minimum atomic E-state index is -0.104. The molecule has 6 nitrogen and oxygen atoms in total. The molecule has 1 N–H and O–H groups in total. The van der Waals surface area contributed by atoms with Crippen molar-refractivity contribution in [2.24, 2.45) is 5.92 Å². The lowest BCUT2D eigenvalue weighted by molar-refractivity contribution is 0.0888. The minimum absolute atomic E-state index is 0.104. The summed E-state index contributed by atoms with van der Waals surface area (Å²) in [5.41, 5.74) is 0.434. The zero-order valence-corrected chi connectivity index (χ0v) is 17.5. The molecule has 1 heterocycles. The predicted molar refractivity (Wildman–Crippen MR) is 109 cm³/mol. The number of hydrogen-bond acceptors (Lipinski definition) is 4. The van der Waals surface area contributed by atoms with Crippen molar-refractivity contribution in [2.45, 2.75) is 38.5 Å². The lowest BCUT2D eigenvalue weighted by Crippen LogP contribution is -2.45. The summed E-state index contributed by atoms with van der Waals surface area (Å²) in [4.78, 5) is 14.8. The summed E-state index contributed by atoms with van der Waals surface area (Å²) >= 11 is 3.40. The molecule has 3 rings (SSSR count). The van der Waals surface area contributed by atoms with Crippen LogP contribution in [0.4, 0.5) is 0 Å². The van der Waals surface area contributed by atoms with E-state index in [1.165, 1.54) is 19.3 Å². The summed E-state index contributed by atoms with van der Waals surface area (Å²) in [6.07, 6.45) is 6.39. The molecule has 1 aliphatic carbocycles. The second-order valence-corrected chi connectivity index (χ2v) is 8.27. The average molecular weight is 435 g/mol. The van der Waals surface area contributed by atoms with E-state index in [1.807, 2.05) is 24.3 Å². The smallest absolute Gasteiger partial charge is 0.272 e. The normalized spacial score (nSPS) is 19.9. The number of amides is 1. The van der Waals surface area contributed by atoms with Gasteiger partial charge in [-0.1, -0.05) is 28.8 Å². The predicted octanol–water partition coefficient (Wildman–Crippen LogP) is 3.53. The monoisotopic (exact) mass is 434 g/mol. The van der Waals surface area contributed by atoms with Crippen molar-refractivity contribution < 1.29 is 9.53 Å². The van der Waals surface area contributed by atoms with Gasteiger partial charge in [0.15, 0.2) is 6.73 Å². The number of ether oxygens (including phenoxy) is 1. The van der Waals surface area contributed by atoms with E-state index in [4.69, 9.17) is 4.74 Å². The third-order valence-electron chi connectivity index (χ3n) is 4.88. The van der Waals surface area contributed by atoms with Gasteiger partial charge in [-0.25, -0.2) is 4.68 Å². The second-order valence-electron chi connectivity index (χ2n) is 7.35. The molecule has 0 radical (unpaired) electrons. The highest BCUT2D eigenvalue weighted by atomic mass is 79.9. The number of carbonyl (C=O) groups is 1. The van der Waals surface area contributed by atoms with Gasteiger partial charge in [0, 0.05) is 23.3 Å². The largest absolute Gasteiger partial charge is 0.471 e. The minimum Gasteiger partial charge on any atom is -0.471 e. The van der Waals surface area contributed by atoms with Crippen molar-refractivity contribution in [2.75, 3.05) is 20.6 Å². The Balaban J connectivity index is 1.55. The van der Waals surface area contributed by atoms with Crippen LogP contribution in [-0.2, 0) is 6.73 Å². The zero-order valence-electron chi connectivity index (χ0n) is 15.9. The first-order valence-corrected chi connectivity index (χ1v) is 10.2. The summed E-state index contributed by atoms with van der Waals surface area (Å²) in [7, 11) is 4.17. The van der Waals surface area contributed by atoms with Crippen LogP contribution in [0.25, 0.3) is 0 Å². The molecular weight excluding hydrogens is 408 g/mol. The summed E-state index contributed by atoms with van der Waals surface area (Å²) in [6.45, 7) is 1.27. The average Bonchev–Trinajstić information content (AvgIpc) is 3.12. The highest BCUT2D eigenvalue weighted by Crippen LogP contribution is 2.25. The Bertz CT molecular complexity index is 745. The fraction of sp³-hybridized carbons (Fsp3) is 0.500. The number of carbonyl (C=O) groups excluding carboxylic acids is 1. The van der Waals surface area contributed by atoms with Gasteiger partial charge in [0.25, 0.3) is 5.91 Å². The van der Waals surface area contributed by atoms with Gasteiger partial charge in [-0.15, -0.1) is 0 Å². The van der Waals surface area contributed by atoms with Crippen molar-refractivity contribution in [3.63, 3.8) is 0 Å². The van der Waals surface area contributed by atoms with Gasteiger partial charge in [-0.2, -0.15) is 5.10 Å². The molecule has 1 saturated carbocycles. The third-order valence-corrected chi connectivity index (χ3v) is 5.40. The molecule has 0 saturated heterocycles. The van der Waals surface area contributed by atoms with Gasteiger partial charge >= 0.3 is 0 Å². The quantitative estimate of drug-likeness (QED) is 0.723. The van der Waals surface area contributed by atoms with E-state index in [0.717, 1.165) is 23.2 Å². The molecule has 2 atom stereocenters. The lowest BCUT2D eigenvalue weighted by atomic mass is 9.84. The van der Waals surface area contributed by atoms with Crippen molar-refractivity contribution in [1.29, 1.82) is 0 Å². The molecule has 1 amide bonds.